The van der Waals surface area contributed by atoms with Crippen molar-refractivity contribution in [2.75, 3.05) is 11.9 Å². The van der Waals surface area contributed by atoms with Crippen molar-refractivity contribution >= 4 is 27.5 Å². The molecule has 1 heterocycles. The summed E-state index contributed by atoms with van der Waals surface area (Å²) < 4.78 is 1.03. The Kier molecular flexibility index (Phi) is 5.12. The lowest BCUT2D eigenvalue weighted by Gasteiger charge is -2.10. The number of benzene rings is 1. The molecule has 0 aliphatic rings. The summed E-state index contributed by atoms with van der Waals surface area (Å²) in [6, 6.07) is 9.69. The SMILES string of the molecule is Cc1cc(Br)ccc1NCC(=O)NCc1cccnc1. The van der Waals surface area contributed by atoms with Gasteiger partial charge in [-0.2, -0.15) is 0 Å². The van der Waals surface area contributed by atoms with E-state index in [1.54, 1.807) is 12.4 Å². The lowest BCUT2D eigenvalue weighted by atomic mass is 10.2. The van der Waals surface area contributed by atoms with Crippen LogP contribution in [0.1, 0.15) is 11.1 Å². The maximum Gasteiger partial charge on any atom is 0.239 e. The summed E-state index contributed by atoms with van der Waals surface area (Å²) in [6.07, 6.45) is 3.45. The van der Waals surface area contributed by atoms with Crippen molar-refractivity contribution < 1.29 is 4.79 Å². The molecule has 0 aliphatic heterocycles. The molecule has 0 spiro atoms. The molecule has 0 radical (unpaired) electrons. The quantitative estimate of drug-likeness (QED) is 0.884. The molecule has 104 valence electrons. The third-order valence-corrected chi connectivity index (χ3v) is 3.33. The standard InChI is InChI=1S/C15H16BrN3O/c1-11-7-13(16)4-5-14(11)18-10-15(20)19-9-12-3-2-6-17-8-12/h2-8,18H,9-10H2,1H3,(H,19,20). The summed E-state index contributed by atoms with van der Waals surface area (Å²) in [5.74, 6) is -0.0452. The number of carbonyl (C=O) groups is 1. The number of hydrogen-bond donors (Lipinski definition) is 2. The number of pyridine rings is 1. The molecule has 1 aromatic carbocycles. The van der Waals surface area contributed by atoms with Crippen LogP contribution in [0.5, 0.6) is 0 Å². The second kappa shape index (κ2) is 7.05. The number of carbonyl (C=O) groups excluding carboxylic acids is 1. The van der Waals surface area contributed by atoms with Crippen LogP contribution >= 0.6 is 15.9 Å². The highest BCUT2D eigenvalue weighted by molar-refractivity contribution is 9.10. The van der Waals surface area contributed by atoms with Gasteiger partial charge in [0.25, 0.3) is 0 Å². The summed E-state index contributed by atoms with van der Waals surface area (Å²) in [6.45, 7) is 2.75. The molecule has 5 heteroatoms. The van der Waals surface area contributed by atoms with Gasteiger partial charge in [-0.15, -0.1) is 0 Å². The molecule has 0 unspecified atom stereocenters. The highest BCUT2D eigenvalue weighted by atomic mass is 79.9. The number of amides is 1. The maximum atomic E-state index is 11.8. The fourth-order valence-corrected chi connectivity index (χ4v) is 2.24. The molecule has 4 nitrogen and oxygen atoms in total. The summed E-state index contributed by atoms with van der Waals surface area (Å²) in [5, 5.41) is 5.98. The molecular formula is C15H16BrN3O. The van der Waals surface area contributed by atoms with Gasteiger partial charge in [-0.05, 0) is 42.3 Å². The van der Waals surface area contributed by atoms with E-state index in [1.807, 2.05) is 37.3 Å². The Labute approximate surface area is 126 Å². The number of aromatic nitrogens is 1. The van der Waals surface area contributed by atoms with Crippen LogP contribution < -0.4 is 10.6 Å². The summed E-state index contributed by atoms with van der Waals surface area (Å²) in [4.78, 5) is 15.8. The first-order chi connectivity index (χ1) is 9.65. The van der Waals surface area contributed by atoms with Gasteiger partial charge in [0.2, 0.25) is 5.91 Å². The van der Waals surface area contributed by atoms with E-state index in [0.29, 0.717) is 6.54 Å². The van der Waals surface area contributed by atoms with E-state index < -0.39 is 0 Å². The van der Waals surface area contributed by atoms with E-state index in [4.69, 9.17) is 0 Å². The molecule has 0 saturated carbocycles. The van der Waals surface area contributed by atoms with Crippen molar-refractivity contribution in [3.8, 4) is 0 Å². The second-order valence-corrected chi connectivity index (χ2v) is 5.37. The molecule has 0 saturated heterocycles. The van der Waals surface area contributed by atoms with Crippen LogP contribution in [-0.2, 0) is 11.3 Å². The lowest BCUT2D eigenvalue weighted by molar-refractivity contribution is -0.119. The van der Waals surface area contributed by atoms with Crippen LogP contribution in [0, 0.1) is 6.92 Å². The molecular weight excluding hydrogens is 318 g/mol. The van der Waals surface area contributed by atoms with E-state index in [-0.39, 0.29) is 12.5 Å². The largest absolute Gasteiger partial charge is 0.376 e. The monoisotopic (exact) mass is 333 g/mol. The number of hydrogen-bond acceptors (Lipinski definition) is 3. The van der Waals surface area contributed by atoms with Gasteiger partial charge in [-0.3, -0.25) is 9.78 Å². The second-order valence-electron chi connectivity index (χ2n) is 4.45. The van der Waals surface area contributed by atoms with Gasteiger partial charge in [0.15, 0.2) is 0 Å². The van der Waals surface area contributed by atoms with Crippen LogP contribution in [0.25, 0.3) is 0 Å². The average Bonchev–Trinajstić information content (AvgIpc) is 2.45. The minimum Gasteiger partial charge on any atom is -0.376 e. The third-order valence-electron chi connectivity index (χ3n) is 2.84. The van der Waals surface area contributed by atoms with Gasteiger partial charge >= 0.3 is 0 Å². The Hall–Kier alpha value is -1.88. The van der Waals surface area contributed by atoms with Crippen molar-refractivity contribution in [2.24, 2.45) is 0 Å². The number of nitrogens with zero attached hydrogens (tertiary/aromatic N) is 1. The Balaban J connectivity index is 1.80. The highest BCUT2D eigenvalue weighted by Crippen LogP contribution is 2.19. The third kappa shape index (κ3) is 4.35. The van der Waals surface area contributed by atoms with Gasteiger partial charge < -0.3 is 10.6 Å². The first-order valence-corrected chi connectivity index (χ1v) is 7.10. The Morgan fingerprint density at radius 3 is 2.90 bits per heavy atom. The molecule has 20 heavy (non-hydrogen) atoms. The van der Waals surface area contributed by atoms with E-state index in [2.05, 4.69) is 31.5 Å². The van der Waals surface area contributed by atoms with Gasteiger partial charge in [-0.25, -0.2) is 0 Å². The summed E-state index contributed by atoms with van der Waals surface area (Å²) >= 11 is 3.41. The number of anilines is 1. The number of rotatable bonds is 5. The predicted octanol–water partition coefficient (Wildman–Crippen LogP) is 2.88. The Bertz CT molecular complexity index is 587. The zero-order chi connectivity index (χ0) is 14.4. The van der Waals surface area contributed by atoms with E-state index in [9.17, 15) is 4.79 Å². The lowest BCUT2D eigenvalue weighted by Crippen LogP contribution is -2.29. The summed E-state index contributed by atoms with van der Waals surface area (Å²) in [5.41, 5.74) is 3.05. The Morgan fingerprint density at radius 2 is 2.20 bits per heavy atom. The van der Waals surface area contributed by atoms with Crippen molar-refractivity contribution in [3.05, 3.63) is 58.3 Å². The molecule has 0 aliphatic carbocycles. The number of nitrogens with one attached hydrogen (secondary N) is 2. The van der Waals surface area contributed by atoms with Crippen molar-refractivity contribution in [1.29, 1.82) is 0 Å². The maximum absolute atomic E-state index is 11.8. The summed E-state index contributed by atoms with van der Waals surface area (Å²) in [7, 11) is 0. The molecule has 2 N–H and O–H groups in total. The van der Waals surface area contributed by atoms with Crippen molar-refractivity contribution in [3.63, 3.8) is 0 Å². The minimum atomic E-state index is -0.0452. The molecule has 2 aromatic rings. The van der Waals surface area contributed by atoms with Gasteiger partial charge in [0, 0.05) is 29.1 Å². The first kappa shape index (κ1) is 14.5. The molecule has 2 rings (SSSR count). The van der Waals surface area contributed by atoms with E-state index >= 15 is 0 Å². The van der Waals surface area contributed by atoms with Crippen molar-refractivity contribution in [1.82, 2.24) is 10.3 Å². The molecule has 0 atom stereocenters. The molecule has 1 aromatic heterocycles. The Morgan fingerprint density at radius 1 is 1.35 bits per heavy atom. The van der Waals surface area contributed by atoms with Crippen LogP contribution in [0.15, 0.2) is 47.2 Å². The van der Waals surface area contributed by atoms with E-state index in [1.165, 1.54) is 0 Å². The van der Waals surface area contributed by atoms with E-state index in [0.717, 1.165) is 21.3 Å². The fraction of sp³-hybridized carbons (Fsp3) is 0.200. The normalized spacial score (nSPS) is 10.1. The van der Waals surface area contributed by atoms with Gasteiger partial charge in [0.05, 0.1) is 6.54 Å². The predicted molar refractivity (Wildman–Crippen MR) is 83.5 cm³/mol. The average molecular weight is 334 g/mol. The molecule has 0 fully saturated rings. The van der Waals surface area contributed by atoms with Crippen LogP contribution in [0.2, 0.25) is 0 Å². The van der Waals surface area contributed by atoms with Gasteiger partial charge in [0.1, 0.15) is 0 Å². The first-order valence-electron chi connectivity index (χ1n) is 6.31. The molecule has 0 bridgehead atoms. The number of halogens is 1. The van der Waals surface area contributed by atoms with Crippen LogP contribution in [-0.4, -0.2) is 17.4 Å². The smallest absolute Gasteiger partial charge is 0.239 e. The highest BCUT2D eigenvalue weighted by Gasteiger charge is 2.03. The van der Waals surface area contributed by atoms with Crippen molar-refractivity contribution in [2.45, 2.75) is 13.5 Å². The fourth-order valence-electron chi connectivity index (χ4n) is 1.77. The minimum absolute atomic E-state index is 0.0452. The molecule has 1 amide bonds. The van der Waals surface area contributed by atoms with Gasteiger partial charge in [-0.1, -0.05) is 22.0 Å². The zero-order valence-electron chi connectivity index (χ0n) is 11.2. The zero-order valence-corrected chi connectivity index (χ0v) is 12.8. The number of aryl methyl sites for hydroxylation is 1. The van der Waals surface area contributed by atoms with Crippen LogP contribution in [0.4, 0.5) is 5.69 Å². The van der Waals surface area contributed by atoms with Crippen LogP contribution in [0.3, 0.4) is 0 Å². The topological polar surface area (TPSA) is 54.0 Å².